The summed E-state index contributed by atoms with van der Waals surface area (Å²) in [4.78, 5) is 25.4. The van der Waals surface area contributed by atoms with Gasteiger partial charge < -0.3 is 9.64 Å². The van der Waals surface area contributed by atoms with E-state index in [-0.39, 0.29) is 16.5 Å². The number of ether oxygens (including phenoxy) is 1. The van der Waals surface area contributed by atoms with Crippen molar-refractivity contribution in [2.45, 2.75) is 30.8 Å². The first-order valence-electron chi connectivity index (χ1n) is 9.91. The Bertz CT molecular complexity index is 1170. The Hall–Kier alpha value is -3.27. The van der Waals surface area contributed by atoms with E-state index in [1.54, 1.807) is 43.3 Å². The van der Waals surface area contributed by atoms with E-state index in [2.05, 4.69) is 4.40 Å². The minimum Gasteiger partial charge on any atom is -0.457 e. The van der Waals surface area contributed by atoms with Crippen molar-refractivity contribution in [2.75, 3.05) is 13.1 Å². The lowest BCUT2D eigenvalue weighted by Crippen LogP contribution is -2.40. The lowest BCUT2D eigenvalue weighted by Gasteiger charge is -2.32. The highest BCUT2D eigenvalue weighted by Crippen LogP contribution is 2.32. The van der Waals surface area contributed by atoms with Crippen LogP contribution < -0.4 is 0 Å². The molecular weight excluding hydrogens is 422 g/mol. The first-order valence-corrected chi connectivity index (χ1v) is 11.3. The van der Waals surface area contributed by atoms with Gasteiger partial charge in [-0.3, -0.25) is 14.9 Å². The molecule has 0 N–H and O–H groups in total. The molecule has 9 nitrogen and oxygen atoms in total. The van der Waals surface area contributed by atoms with Crippen molar-refractivity contribution >= 4 is 27.5 Å². The fourth-order valence-electron chi connectivity index (χ4n) is 3.98. The van der Waals surface area contributed by atoms with Crippen LogP contribution in [0.25, 0.3) is 0 Å². The predicted octanol–water partition coefficient (Wildman–Crippen LogP) is 3.06. The highest BCUT2D eigenvalue weighted by molar-refractivity contribution is 7.90. The van der Waals surface area contributed by atoms with Gasteiger partial charge in [0, 0.05) is 24.7 Å². The average Bonchev–Trinajstić information content (AvgIpc) is 3.05. The Morgan fingerprint density at radius 2 is 1.81 bits per heavy atom. The van der Waals surface area contributed by atoms with Crippen molar-refractivity contribution in [2.24, 2.45) is 10.3 Å². The van der Waals surface area contributed by atoms with E-state index < -0.39 is 27.0 Å². The maximum Gasteiger partial charge on any atom is 0.309 e. The number of nitro groups is 1. The standard InChI is InChI=1S/C21H21N3O6S/c1-14(16-6-2-4-8-18(16)24(26)27)30-21(25)15-10-12-23(13-11-15)20-17-7-3-5-9-19(17)31(28,29)22-20/h2-9,14-15H,10-13H2,1H3. The molecule has 2 aliphatic heterocycles. The van der Waals surface area contributed by atoms with Crippen LogP contribution in [0.5, 0.6) is 0 Å². The predicted molar refractivity (Wildman–Crippen MR) is 112 cm³/mol. The van der Waals surface area contributed by atoms with Gasteiger partial charge in [0.15, 0.2) is 5.84 Å². The van der Waals surface area contributed by atoms with E-state index in [0.717, 1.165) is 0 Å². The van der Waals surface area contributed by atoms with E-state index >= 15 is 0 Å². The molecule has 0 amide bonds. The highest BCUT2D eigenvalue weighted by atomic mass is 32.2. The summed E-state index contributed by atoms with van der Waals surface area (Å²) in [6, 6.07) is 12.9. The number of para-hydroxylation sites is 1. The number of likely N-dealkylation sites (tertiary alicyclic amines) is 1. The minimum atomic E-state index is -3.69. The molecule has 4 rings (SSSR count). The summed E-state index contributed by atoms with van der Waals surface area (Å²) >= 11 is 0. The molecule has 162 valence electrons. The number of carbonyl (C=O) groups is 1. The molecule has 0 saturated carbocycles. The third kappa shape index (κ3) is 4.02. The SMILES string of the molecule is CC(OC(=O)C1CCN(C2=NS(=O)(=O)c3ccccc32)CC1)c1ccccc1[N+](=O)[O-]. The highest BCUT2D eigenvalue weighted by Gasteiger charge is 2.35. The minimum absolute atomic E-state index is 0.0864. The normalized spacial score (nSPS) is 18.7. The summed E-state index contributed by atoms with van der Waals surface area (Å²) in [5.74, 6) is -0.363. The molecule has 2 aromatic rings. The second-order valence-electron chi connectivity index (χ2n) is 7.54. The van der Waals surface area contributed by atoms with Gasteiger partial charge in [-0.2, -0.15) is 8.42 Å². The molecule has 1 saturated heterocycles. The number of benzene rings is 2. The Balaban J connectivity index is 1.41. The van der Waals surface area contributed by atoms with Gasteiger partial charge in [0.25, 0.3) is 15.7 Å². The van der Waals surface area contributed by atoms with Gasteiger partial charge in [-0.1, -0.05) is 24.3 Å². The second-order valence-corrected chi connectivity index (χ2v) is 9.12. The molecule has 31 heavy (non-hydrogen) atoms. The van der Waals surface area contributed by atoms with Crippen LogP contribution in [0.4, 0.5) is 5.69 Å². The van der Waals surface area contributed by atoms with E-state index in [4.69, 9.17) is 4.74 Å². The van der Waals surface area contributed by atoms with Gasteiger partial charge >= 0.3 is 5.97 Å². The number of fused-ring (bicyclic) bond motifs is 1. The van der Waals surface area contributed by atoms with Crippen LogP contribution in [0, 0.1) is 16.0 Å². The van der Waals surface area contributed by atoms with Crippen LogP contribution in [0.3, 0.4) is 0 Å². The van der Waals surface area contributed by atoms with Crippen LogP contribution in [-0.2, 0) is 19.6 Å². The fraction of sp³-hybridized carbons (Fsp3) is 0.333. The van der Waals surface area contributed by atoms with Crippen molar-refractivity contribution < 1.29 is 22.9 Å². The quantitative estimate of drug-likeness (QED) is 0.405. The zero-order valence-electron chi connectivity index (χ0n) is 16.8. The maximum absolute atomic E-state index is 12.7. The van der Waals surface area contributed by atoms with Crippen molar-refractivity contribution in [3.63, 3.8) is 0 Å². The summed E-state index contributed by atoms with van der Waals surface area (Å²) in [6.07, 6.45) is 0.205. The Labute approximate surface area is 179 Å². The molecule has 2 aliphatic rings. The van der Waals surface area contributed by atoms with Gasteiger partial charge in [0.2, 0.25) is 0 Å². The van der Waals surface area contributed by atoms with Gasteiger partial charge in [-0.05, 0) is 38.0 Å². The maximum atomic E-state index is 12.7. The number of amidine groups is 1. The Kier molecular flexibility index (Phi) is 5.48. The van der Waals surface area contributed by atoms with Gasteiger partial charge in [0.1, 0.15) is 11.0 Å². The lowest BCUT2D eigenvalue weighted by atomic mass is 9.96. The molecule has 0 radical (unpaired) electrons. The Morgan fingerprint density at radius 1 is 1.16 bits per heavy atom. The van der Waals surface area contributed by atoms with Crippen LogP contribution >= 0.6 is 0 Å². The summed E-state index contributed by atoms with van der Waals surface area (Å²) in [6.45, 7) is 2.54. The number of hydrogen-bond donors (Lipinski definition) is 0. The molecule has 0 aromatic heterocycles. The van der Waals surface area contributed by atoms with Crippen LogP contribution in [0.1, 0.15) is 37.0 Å². The summed E-state index contributed by atoms with van der Waals surface area (Å²) in [7, 11) is -3.69. The van der Waals surface area contributed by atoms with Crippen molar-refractivity contribution in [1.82, 2.24) is 4.90 Å². The largest absolute Gasteiger partial charge is 0.457 e. The van der Waals surface area contributed by atoms with E-state index in [1.165, 1.54) is 12.1 Å². The molecule has 2 heterocycles. The van der Waals surface area contributed by atoms with Gasteiger partial charge in [-0.25, -0.2) is 0 Å². The second kappa shape index (κ2) is 8.10. The van der Waals surface area contributed by atoms with Crippen LogP contribution in [0.2, 0.25) is 0 Å². The number of sulfonamides is 1. The van der Waals surface area contributed by atoms with Gasteiger partial charge in [0.05, 0.1) is 16.4 Å². The number of nitrogens with zero attached hydrogens (tertiary/aromatic N) is 3. The molecule has 10 heteroatoms. The molecule has 1 atom stereocenters. The first kappa shape index (κ1) is 21.0. The fourth-order valence-corrected chi connectivity index (χ4v) is 5.20. The third-order valence-electron chi connectivity index (χ3n) is 5.60. The van der Waals surface area contributed by atoms with Crippen LogP contribution in [-0.4, -0.2) is 43.1 Å². The number of carbonyl (C=O) groups excluding carboxylic acids is 1. The first-order chi connectivity index (χ1) is 14.8. The number of rotatable bonds is 4. The number of nitro benzene ring substituents is 1. The van der Waals surface area contributed by atoms with Gasteiger partial charge in [-0.15, -0.1) is 4.40 Å². The smallest absolute Gasteiger partial charge is 0.309 e. The summed E-state index contributed by atoms with van der Waals surface area (Å²) in [5.41, 5.74) is 0.839. The summed E-state index contributed by atoms with van der Waals surface area (Å²) < 4.78 is 34.0. The topological polar surface area (TPSA) is 119 Å². The zero-order chi connectivity index (χ0) is 22.2. The number of hydrogen-bond acceptors (Lipinski definition) is 7. The summed E-state index contributed by atoms with van der Waals surface area (Å²) in [5, 5.41) is 11.2. The van der Waals surface area contributed by atoms with Crippen molar-refractivity contribution in [3.05, 3.63) is 69.8 Å². The molecule has 0 bridgehead atoms. The molecule has 1 unspecified atom stereocenters. The van der Waals surface area contributed by atoms with Crippen LogP contribution in [0.15, 0.2) is 57.8 Å². The van der Waals surface area contributed by atoms with Crippen molar-refractivity contribution in [3.8, 4) is 0 Å². The van der Waals surface area contributed by atoms with E-state index in [0.29, 0.717) is 42.9 Å². The molecular formula is C21H21N3O6S. The number of piperidine rings is 1. The zero-order valence-corrected chi connectivity index (χ0v) is 17.6. The van der Waals surface area contributed by atoms with Crippen molar-refractivity contribution in [1.29, 1.82) is 0 Å². The third-order valence-corrected chi connectivity index (χ3v) is 6.93. The van der Waals surface area contributed by atoms with E-state index in [9.17, 15) is 23.3 Å². The Morgan fingerprint density at radius 3 is 2.52 bits per heavy atom. The molecule has 0 aliphatic carbocycles. The molecule has 0 spiro atoms. The average molecular weight is 443 g/mol. The number of esters is 1. The molecule has 2 aromatic carbocycles. The van der Waals surface area contributed by atoms with E-state index in [1.807, 2.05) is 4.90 Å². The molecule has 1 fully saturated rings. The monoisotopic (exact) mass is 443 g/mol. The lowest BCUT2D eigenvalue weighted by molar-refractivity contribution is -0.386.